The summed E-state index contributed by atoms with van der Waals surface area (Å²) >= 11 is 0. The van der Waals surface area contributed by atoms with Gasteiger partial charge in [-0.3, -0.25) is 0 Å². The summed E-state index contributed by atoms with van der Waals surface area (Å²) in [6.07, 6.45) is 0.480. The molecule has 0 aliphatic heterocycles. The largest absolute Gasteiger partial charge is 0.497 e. The fourth-order valence-corrected chi connectivity index (χ4v) is 2.47. The van der Waals surface area contributed by atoms with Gasteiger partial charge in [-0.05, 0) is 43.7 Å². The number of aliphatic hydroxyl groups excluding tert-OH is 1. The van der Waals surface area contributed by atoms with Crippen LogP contribution < -0.4 is 4.74 Å². The third kappa shape index (κ3) is 4.33. The quantitative estimate of drug-likeness (QED) is 0.851. The minimum atomic E-state index is -0.470. The second-order valence-electron chi connectivity index (χ2n) is 5.67. The molecule has 0 bridgehead atoms. The Balaban J connectivity index is 1.89. The number of nitrogens with zero attached hydrogens (tertiary/aromatic N) is 1. The van der Waals surface area contributed by atoms with E-state index in [2.05, 4.69) is 31.0 Å². The Morgan fingerprint density at radius 2 is 1.68 bits per heavy atom. The Hall–Kier alpha value is -1.84. The number of aliphatic hydroxyl groups is 1. The van der Waals surface area contributed by atoms with Crippen molar-refractivity contribution in [3.8, 4) is 5.75 Å². The minimum Gasteiger partial charge on any atom is -0.497 e. The zero-order chi connectivity index (χ0) is 15.9. The molecule has 0 aromatic heterocycles. The van der Waals surface area contributed by atoms with E-state index < -0.39 is 6.10 Å². The molecule has 3 heteroatoms. The van der Waals surface area contributed by atoms with Gasteiger partial charge in [-0.1, -0.05) is 42.5 Å². The smallest absolute Gasteiger partial charge is 0.118 e. The first kappa shape index (κ1) is 16.5. The first-order chi connectivity index (χ1) is 10.6. The minimum absolute atomic E-state index is 0.0700. The van der Waals surface area contributed by atoms with E-state index in [1.54, 1.807) is 7.11 Å². The van der Waals surface area contributed by atoms with Gasteiger partial charge in [0, 0.05) is 12.6 Å². The van der Waals surface area contributed by atoms with Crippen LogP contribution in [0.4, 0.5) is 0 Å². The Morgan fingerprint density at radius 3 is 2.27 bits per heavy atom. The van der Waals surface area contributed by atoms with Crippen molar-refractivity contribution >= 4 is 0 Å². The number of methoxy groups -OCH3 is 1. The van der Waals surface area contributed by atoms with Gasteiger partial charge in [0.25, 0.3) is 0 Å². The van der Waals surface area contributed by atoms with Gasteiger partial charge in [0.2, 0.25) is 0 Å². The second kappa shape index (κ2) is 7.97. The molecule has 2 rings (SSSR count). The standard InChI is InChI=1S/C19H25NO2/c1-15(19(21)17-7-5-4-6-8-17)20(2)14-13-16-9-11-18(22-3)12-10-16/h4-12,15,19,21H,13-14H2,1-3H3/t15-,19-/m0/s1. The maximum atomic E-state index is 10.5. The maximum Gasteiger partial charge on any atom is 0.118 e. The maximum absolute atomic E-state index is 10.5. The van der Waals surface area contributed by atoms with Crippen molar-refractivity contribution in [1.82, 2.24) is 4.90 Å². The van der Waals surface area contributed by atoms with Crippen molar-refractivity contribution in [2.24, 2.45) is 0 Å². The Bertz CT molecular complexity index is 553. The molecule has 0 unspecified atom stereocenters. The number of rotatable bonds is 7. The average Bonchev–Trinajstić information content (AvgIpc) is 2.59. The fraction of sp³-hybridized carbons (Fsp3) is 0.368. The number of hydrogen-bond acceptors (Lipinski definition) is 3. The highest BCUT2D eigenvalue weighted by atomic mass is 16.5. The van der Waals surface area contributed by atoms with E-state index in [4.69, 9.17) is 4.74 Å². The van der Waals surface area contributed by atoms with Gasteiger partial charge in [0.05, 0.1) is 13.2 Å². The lowest BCUT2D eigenvalue weighted by molar-refractivity contribution is 0.0732. The summed E-state index contributed by atoms with van der Waals surface area (Å²) in [6, 6.07) is 18.0. The topological polar surface area (TPSA) is 32.7 Å². The van der Waals surface area contributed by atoms with Gasteiger partial charge in [-0.25, -0.2) is 0 Å². The molecule has 3 nitrogen and oxygen atoms in total. The third-order valence-electron chi connectivity index (χ3n) is 4.21. The first-order valence-corrected chi connectivity index (χ1v) is 7.68. The Labute approximate surface area is 133 Å². The van der Waals surface area contributed by atoms with Crippen LogP contribution in [-0.4, -0.2) is 36.8 Å². The predicted molar refractivity (Wildman–Crippen MR) is 90.2 cm³/mol. The van der Waals surface area contributed by atoms with Crippen molar-refractivity contribution in [3.05, 3.63) is 65.7 Å². The van der Waals surface area contributed by atoms with Gasteiger partial charge in [-0.2, -0.15) is 0 Å². The van der Waals surface area contributed by atoms with E-state index in [0.717, 1.165) is 24.3 Å². The molecule has 0 amide bonds. The fourth-order valence-electron chi connectivity index (χ4n) is 2.47. The molecule has 0 saturated heterocycles. The molecule has 0 aliphatic carbocycles. The van der Waals surface area contributed by atoms with E-state index in [1.165, 1.54) is 5.56 Å². The number of benzene rings is 2. The average molecular weight is 299 g/mol. The van der Waals surface area contributed by atoms with Crippen molar-refractivity contribution in [2.45, 2.75) is 25.5 Å². The van der Waals surface area contributed by atoms with Crippen LogP contribution in [0.5, 0.6) is 5.75 Å². The molecule has 22 heavy (non-hydrogen) atoms. The zero-order valence-corrected chi connectivity index (χ0v) is 13.6. The highest BCUT2D eigenvalue weighted by molar-refractivity contribution is 5.27. The van der Waals surface area contributed by atoms with E-state index in [9.17, 15) is 5.11 Å². The molecule has 0 radical (unpaired) electrons. The van der Waals surface area contributed by atoms with Crippen LogP contribution >= 0.6 is 0 Å². The predicted octanol–water partition coefficient (Wildman–Crippen LogP) is 3.29. The van der Waals surface area contributed by atoms with Crippen LogP contribution in [-0.2, 0) is 6.42 Å². The third-order valence-corrected chi connectivity index (χ3v) is 4.21. The lowest BCUT2D eigenvalue weighted by Gasteiger charge is -2.29. The number of hydrogen-bond donors (Lipinski definition) is 1. The summed E-state index contributed by atoms with van der Waals surface area (Å²) in [5, 5.41) is 10.5. The van der Waals surface area contributed by atoms with Crippen LogP contribution in [0.3, 0.4) is 0 Å². The molecular formula is C19H25NO2. The van der Waals surface area contributed by atoms with E-state index in [-0.39, 0.29) is 6.04 Å². The summed E-state index contributed by atoms with van der Waals surface area (Å²) < 4.78 is 5.17. The summed E-state index contributed by atoms with van der Waals surface area (Å²) in [6.45, 7) is 2.96. The summed E-state index contributed by atoms with van der Waals surface area (Å²) in [5.74, 6) is 0.880. The lowest BCUT2D eigenvalue weighted by atomic mass is 10.0. The zero-order valence-electron chi connectivity index (χ0n) is 13.6. The van der Waals surface area contributed by atoms with Crippen LogP contribution in [0.15, 0.2) is 54.6 Å². The molecule has 2 aromatic carbocycles. The van der Waals surface area contributed by atoms with E-state index >= 15 is 0 Å². The normalized spacial score (nSPS) is 13.9. The molecule has 118 valence electrons. The van der Waals surface area contributed by atoms with Crippen molar-refractivity contribution in [3.63, 3.8) is 0 Å². The molecule has 0 fully saturated rings. The lowest BCUT2D eigenvalue weighted by Crippen LogP contribution is -2.35. The van der Waals surface area contributed by atoms with Crippen LogP contribution in [0.1, 0.15) is 24.2 Å². The molecule has 0 spiro atoms. The second-order valence-corrected chi connectivity index (χ2v) is 5.67. The molecule has 2 atom stereocenters. The van der Waals surface area contributed by atoms with Gasteiger partial charge in [0.15, 0.2) is 0 Å². The molecule has 1 N–H and O–H groups in total. The highest BCUT2D eigenvalue weighted by Crippen LogP contribution is 2.20. The number of likely N-dealkylation sites (N-methyl/N-ethyl adjacent to an activating group) is 1. The van der Waals surface area contributed by atoms with Crippen LogP contribution in [0, 0.1) is 0 Å². The van der Waals surface area contributed by atoms with Gasteiger partial charge in [0.1, 0.15) is 5.75 Å². The van der Waals surface area contributed by atoms with E-state index in [1.807, 2.05) is 42.5 Å². The Morgan fingerprint density at radius 1 is 1.05 bits per heavy atom. The van der Waals surface area contributed by atoms with E-state index in [0.29, 0.717) is 0 Å². The molecule has 0 heterocycles. The first-order valence-electron chi connectivity index (χ1n) is 7.68. The molecule has 0 aliphatic rings. The van der Waals surface area contributed by atoms with Crippen molar-refractivity contribution < 1.29 is 9.84 Å². The summed E-state index contributed by atoms with van der Waals surface area (Å²) in [4.78, 5) is 2.20. The monoisotopic (exact) mass is 299 g/mol. The van der Waals surface area contributed by atoms with Crippen LogP contribution in [0.25, 0.3) is 0 Å². The Kier molecular flexibility index (Phi) is 5.99. The van der Waals surface area contributed by atoms with Crippen molar-refractivity contribution in [2.75, 3.05) is 20.7 Å². The van der Waals surface area contributed by atoms with Gasteiger partial charge in [-0.15, -0.1) is 0 Å². The molecular weight excluding hydrogens is 274 g/mol. The van der Waals surface area contributed by atoms with Crippen LogP contribution in [0.2, 0.25) is 0 Å². The summed E-state index contributed by atoms with van der Waals surface area (Å²) in [7, 11) is 3.73. The SMILES string of the molecule is COc1ccc(CCN(C)[C@@H](C)[C@H](O)c2ccccc2)cc1. The van der Waals surface area contributed by atoms with Crippen molar-refractivity contribution in [1.29, 1.82) is 0 Å². The molecule has 0 saturated carbocycles. The molecule has 2 aromatic rings. The number of ether oxygens (including phenoxy) is 1. The summed E-state index contributed by atoms with van der Waals surface area (Å²) in [5.41, 5.74) is 2.24. The van der Waals surface area contributed by atoms with Gasteiger partial charge >= 0.3 is 0 Å². The highest BCUT2D eigenvalue weighted by Gasteiger charge is 2.19. The van der Waals surface area contributed by atoms with Gasteiger partial charge < -0.3 is 14.7 Å².